The van der Waals surface area contributed by atoms with Crippen LogP contribution < -0.4 is 0 Å². The van der Waals surface area contributed by atoms with Crippen LogP contribution in [-0.2, 0) is 19.6 Å². The Labute approximate surface area is 188 Å². The molecule has 2 aromatic carbocycles. The zero-order valence-corrected chi connectivity index (χ0v) is 19.0. The van der Waals surface area contributed by atoms with Crippen LogP contribution >= 0.6 is 0 Å². The molecule has 0 spiro atoms. The molecular formula is C23H30N2O6S. The number of carbonyl (C=O) groups is 2. The van der Waals surface area contributed by atoms with E-state index in [-0.39, 0.29) is 0 Å². The number of fused-ring (bicyclic) bond motifs is 1. The van der Waals surface area contributed by atoms with Crippen molar-refractivity contribution in [3.63, 3.8) is 0 Å². The highest BCUT2D eigenvalue weighted by atomic mass is 32.2. The van der Waals surface area contributed by atoms with Gasteiger partial charge in [-0.15, -0.1) is 0 Å². The monoisotopic (exact) mass is 462 g/mol. The molecule has 174 valence electrons. The first-order valence-electron chi connectivity index (χ1n) is 10.9. The number of benzene rings is 2. The van der Waals surface area contributed by atoms with Crippen LogP contribution in [0.4, 0.5) is 0 Å². The molecule has 2 aliphatic rings. The molecule has 9 heteroatoms. The number of hydrogen-bond donors (Lipinski definition) is 2. The number of carboxylic acid groups (broad SMARTS) is 2. The lowest BCUT2D eigenvalue weighted by molar-refractivity contribution is -0.159. The molecule has 2 aromatic rings. The van der Waals surface area contributed by atoms with E-state index < -0.39 is 22.0 Å². The number of sulfonamides is 1. The Morgan fingerprint density at radius 1 is 0.844 bits per heavy atom. The third-order valence-corrected chi connectivity index (χ3v) is 8.21. The summed E-state index contributed by atoms with van der Waals surface area (Å²) in [6.45, 7) is 5.24. The summed E-state index contributed by atoms with van der Waals surface area (Å²) in [5, 5.41) is 16.8. The van der Waals surface area contributed by atoms with Crippen LogP contribution in [-0.4, -0.2) is 72.0 Å². The maximum Gasteiger partial charge on any atom is 0.414 e. The van der Waals surface area contributed by atoms with Gasteiger partial charge in [0.1, 0.15) is 0 Å². The van der Waals surface area contributed by atoms with Gasteiger partial charge in [0.25, 0.3) is 0 Å². The van der Waals surface area contributed by atoms with E-state index >= 15 is 0 Å². The molecule has 2 N–H and O–H groups in total. The molecule has 0 radical (unpaired) electrons. The van der Waals surface area contributed by atoms with Crippen LogP contribution in [0.1, 0.15) is 32.6 Å². The summed E-state index contributed by atoms with van der Waals surface area (Å²) in [6, 6.07) is 14.0. The van der Waals surface area contributed by atoms with Crippen LogP contribution in [0.25, 0.3) is 10.8 Å². The highest BCUT2D eigenvalue weighted by Crippen LogP contribution is 2.29. The minimum atomic E-state index is -3.41. The molecular weight excluding hydrogens is 432 g/mol. The predicted molar refractivity (Wildman–Crippen MR) is 121 cm³/mol. The molecule has 1 heterocycles. The standard InChI is InChI=1S/C21H28N2O2S.C2H2O4/c1-17-6-9-20(10-7-17)22-12-14-23(15-13-22)26(24,25)21-11-8-18-4-2-3-5-19(18)16-21;3-1(4)2(5)6/h2-5,8,11,16-17,20H,6-7,9-10,12-15H2,1H3;(H,3,4)(H,5,6). The molecule has 0 atom stereocenters. The van der Waals surface area contributed by atoms with E-state index in [4.69, 9.17) is 19.8 Å². The van der Waals surface area contributed by atoms with E-state index in [1.165, 1.54) is 25.7 Å². The molecule has 2 fully saturated rings. The first-order chi connectivity index (χ1) is 15.2. The molecule has 0 amide bonds. The van der Waals surface area contributed by atoms with Gasteiger partial charge >= 0.3 is 11.9 Å². The normalized spacial score (nSPS) is 22.7. The number of hydrogen-bond acceptors (Lipinski definition) is 5. The van der Waals surface area contributed by atoms with Gasteiger partial charge in [-0.2, -0.15) is 4.31 Å². The van der Waals surface area contributed by atoms with Crippen LogP contribution in [0, 0.1) is 5.92 Å². The van der Waals surface area contributed by atoms with Gasteiger partial charge in [0, 0.05) is 32.2 Å². The number of carboxylic acids is 2. The molecule has 0 aromatic heterocycles. The van der Waals surface area contributed by atoms with Crippen LogP contribution in [0.5, 0.6) is 0 Å². The Bertz CT molecular complexity index is 1040. The zero-order valence-electron chi connectivity index (χ0n) is 18.2. The van der Waals surface area contributed by atoms with Gasteiger partial charge < -0.3 is 10.2 Å². The van der Waals surface area contributed by atoms with Crippen molar-refractivity contribution in [1.82, 2.24) is 9.21 Å². The third-order valence-electron chi connectivity index (χ3n) is 6.32. The lowest BCUT2D eigenvalue weighted by Crippen LogP contribution is -2.52. The number of rotatable bonds is 3. The maximum absolute atomic E-state index is 13.1. The quantitative estimate of drug-likeness (QED) is 0.674. The Morgan fingerprint density at radius 3 is 1.97 bits per heavy atom. The van der Waals surface area contributed by atoms with Crippen molar-refractivity contribution in [1.29, 1.82) is 0 Å². The summed E-state index contributed by atoms with van der Waals surface area (Å²) in [5.74, 6) is -2.80. The molecule has 1 aliphatic heterocycles. The Kier molecular flexibility index (Phi) is 7.86. The lowest BCUT2D eigenvalue weighted by Gasteiger charge is -2.41. The number of aliphatic carboxylic acids is 2. The average Bonchev–Trinajstić information content (AvgIpc) is 2.79. The molecule has 0 unspecified atom stereocenters. The van der Waals surface area contributed by atoms with Gasteiger partial charge in [0.05, 0.1) is 4.90 Å². The SMILES string of the molecule is CC1CCC(N2CCN(S(=O)(=O)c3ccc4ccccc4c3)CC2)CC1.O=C(O)C(=O)O. The van der Waals surface area contributed by atoms with Gasteiger partial charge in [-0.25, -0.2) is 18.0 Å². The minimum absolute atomic E-state index is 0.413. The van der Waals surface area contributed by atoms with Crippen LogP contribution in [0.3, 0.4) is 0 Å². The Morgan fingerprint density at radius 2 is 1.41 bits per heavy atom. The molecule has 4 rings (SSSR count). The Balaban J connectivity index is 0.000000427. The van der Waals surface area contributed by atoms with Crippen molar-refractivity contribution >= 4 is 32.7 Å². The summed E-state index contributed by atoms with van der Waals surface area (Å²) in [7, 11) is -3.41. The summed E-state index contributed by atoms with van der Waals surface area (Å²) < 4.78 is 27.8. The van der Waals surface area contributed by atoms with Gasteiger partial charge in [-0.3, -0.25) is 4.90 Å². The average molecular weight is 463 g/mol. The predicted octanol–water partition coefficient (Wildman–Crippen LogP) is 2.88. The van der Waals surface area contributed by atoms with Crippen molar-refractivity contribution in [3.8, 4) is 0 Å². The summed E-state index contributed by atoms with van der Waals surface area (Å²) in [4.78, 5) is 21.1. The van der Waals surface area contributed by atoms with Crippen molar-refractivity contribution in [2.75, 3.05) is 26.2 Å². The molecule has 1 aliphatic carbocycles. The minimum Gasteiger partial charge on any atom is -0.473 e. The summed E-state index contributed by atoms with van der Waals surface area (Å²) in [6.07, 6.45) is 5.14. The van der Waals surface area contributed by atoms with Crippen molar-refractivity contribution in [2.45, 2.75) is 43.5 Å². The third kappa shape index (κ3) is 5.85. The van der Waals surface area contributed by atoms with E-state index in [0.29, 0.717) is 24.0 Å². The van der Waals surface area contributed by atoms with Gasteiger partial charge in [0.15, 0.2) is 0 Å². The van der Waals surface area contributed by atoms with Gasteiger partial charge in [-0.1, -0.05) is 37.3 Å². The van der Waals surface area contributed by atoms with E-state index in [1.807, 2.05) is 30.3 Å². The van der Waals surface area contributed by atoms with E-state index in [2.05, 4.69) is 11.8 Å². The fraction of sp³-hybridized carbons (Fsp3) is 0.478. The van der Waals surface area contributed by atoms with Crippen LogP contribution in [0.2, 0.25) is 0 Å². The van der Waals surface area contributed by atoms with Crippen molar-refractivity contribution < 1.29 is 28.2 Å². The second kappa shape index (κ2) is 10.4. The first-order valence-corrected chi connectivity index (χ1v) is 12.3. The highest BCUT2D eigenvalue weighted by Gasteiger charge is 2.32. The first kappa shape index (κ1) is 24.2. The molecule has 1 saturated carbocycles. The smallest absolute Gasteiger partial charge is 0.414 e. The zero-order chi connectivity index (χ0) is 23.3. The topological polar surface area (TPSA) is 115 Å². The van der Waals surface area contributed by atoms with E-state index in [1.54, 1.807) is 16.4 Å². The highest BCUT2D eigenvalue weighted by molar-refractivity contribution is 7.89. The number of piperazine rings is 1. The summed E-state index contributed by atoms with van der Waals surface area (Å²) >= 11 is 0. The second-order valence-electron chi connectivity index (χ2n) is 8.47. The molecule has 0 bridgehead atoms. The number of nitrogens with zero attached hydrogens (tertiary/aromatic N) is 2. The lowest BCUT2D eigenvalue weighted by atomic mass is 9.86. The summed E-state index contributed by atoms with van der Waals surface area (Å²) in [5.41, 5.74) is 0. The fourth-order valence-corrected chi connectivity index (χ4v) is 5.85. The van der Waals surface area contributed by atoms with E-state index in [0.717, 1.165) is 29.8 Å². The maximum atomic E-state index is 13.1. The van der Waals surface area contributed by atoms with Crippen LogP contribution in [0.15, 0.2) is 47.4 Å². The molecule has 8 nitrogen and oxygen atoms in total. The largest absolute Gasteiger partial charge is 0.473 e. The fourth-order valence-electron chi connectivity index (χ4n) is 4.39. The molecule has 1 saturated heterocycles. The Hall–Kier alpha value is -2.49. The van der Waals surface area contributed by atoms with Gasteiger partial charge in [-0.05, 0) is 54.5 Å². The molecule has 32 heavy (non-hydrogen) atoms. The van der Waals surface area contributed by atoms with E-state index in [9.17, 15) is 8.42 Å². The van der Waals surface area contributed by atoms with Crippen molar-refractivity contribution in [2.24, 2.45) is 5.92 Å². The van der Waals surface area contributed by atoms with Gasteiger partial charge in [0.2, 0.25) is 10.0 Å². The van der Waals surface area contributed by atoms with Crippen molar-refractivity contribution in [3.05, 3.63) is 42.5 Å². The second-order valence-corrected chi connectivity index (χ2v) is 10.4.